The van der Waals surface area contributed by atoms with Crippen molar-refractivity contribution in [2.24, 2.45) is 0 Å². The summed E-state index contributed by atoms with van der Waals surface area (Å²) in [5.74, 6) is 0.177. The highest BCUT2D eigenvalue weighted by molar-refractivity contribution is 9.11. The predicted molar refractivity (Wildman–Crippen MR) is 129 cm³/mol. The zero-order valence-electron chi connectivity index (χ0n) is 16.8. The van der Waals surface area contributed by atoms with Crippen LogP contribution in [0.1, 0.15) is 11.1 Å². The maximum absolute atomic E-state index is 12.6. The van der Waals surface area contributed by atoms with Crippen molar-refractivity contribution in [3.63, 3.8) is 0 Å². The Kier molecular flexibility index (Phi) is 7.40. The van der Waals surface area contributed by atoms with Gasteiger partial charge in [0.1, 0.15) is 5.75 Å². The molecule has 162 valence electrons. The number of amides is 1. The Morgan fingerprint density at radius 1 is 0.903 bits per heavy atom. The summed E-state index contributed by atoms with van der Waals surface area (Å²) in [5.41, 5.74) is 2.90. The van der Waals surface area contributed by atoms with Gasteiger partial charge in [0.15, 0.2) is 6.61 Å². The van der Waals surface area contributed by atoms with Crippen molar-refractivity contribution in [2.75, 3.05) is 16.6 Å². The summed E-state index contributed by atoms with van der Waals surface area (Å²) in [6, 6.07) is 16.8. The standard InChI is InChI=1S/C22H20Br2N2O4S/c1-14-9-15(2)11-18(10-14)26-31(28,29)19-6-4-17(5-7-19)25-22(27)13-30-21-8-3-16(23)12-20(21)24/h3-12,26H,13H2,1-2H3,(H,25,27). The highest BCUT2D eigenvalue weighted by Crippen LogP contribution is 2.28. The van der Waals surface area contributed by atoms with Crippen LogP contribution in [0, 0.1) is 13.8 Å². The summed E-state index contributed by atoms with van der Waals surface area (Å²) in [4.78, 5) is 12.3. The molecule has 0 radical (unpaired) electrons. The van der Waals surface area contributed by atoms with Gasteiger partial charge in [-0.25, -0.2) is 8.42 Å². The lowest BCUT2D eigenvalue weighted by molar-refractivity contribution is -0.118. The van der Waals surface area contributed by atoms with E-state index in [0.29, 0.717) is 17.1 Å². The maximum Gasteiger partial charge on any atom is 0.262 e. The third-order valence-electron chi connectivity index (χ3n) is 4.17. The Balaban J connectivity index is 1.61. The number of sulfonamides is 1. The number of halogens is 2. The van der Waals surface area contributed by atoms with Crippen molar-refractivity contribution in [2.45, 2.75) is 18.7 Å². The van der Waals surface area contributed by atoms with E-state index in [1.54, 1.807) is 18.2 Å². The molecule has 3 aromatic carbocycles. The number of carbonyl (C=O) groups excluding carboxylic acids is 1. The topological polar surface area (TPSA) is 84.5 Å². The minimum absolute atomic E-state index is 0.0969. The van der Waals surface area contributed by atoms with Crippen LogP contribution in [0.15, 0.2) is 74.5 Å². The van der Waals surface area contributed by atoms with E-state index in [2.05, 4.69) is 41.9 Å². The number of carbonyl (C=O) groups is 1. The Labute approximate surface area is 198 Å². The third-order valence-corrected chi connectivity index (χ3v) is 6.69. The zero-order chi connectivity index (χ0) is 22.6. The minimum atomic E-state index is -3.74. The van der Waals surface area contributed by atoms with Gasteiger partial charge in [-0.2, -0.15) is 0 Å². The second kappa shape index (κ2) is 9.84. The average Bonchev–Trinajstić information content (AvgIpc) is 2.66. The van der Waals surface area contributed by atoms with Gasteiger partial charge in [0, 0.05) is 15.8 Å². The quantitative estimate of drug-likeness (QED) is 0.386. The molecule has 31 heavy (non-hydrogen) atoms. The maximum atomic E-state index is 12.6. The van der Waals surface area contributed by atoms with E-state index in [-0.39, 0.29) is 17.4 Å². The van der Waals surface area contributed by atoms with E-state index >= 15 is 0 Å². The molecule has 3 rings (SSSR count). The van der Waals surface area contributed by atoms with Crippen molar-refractivity contribution < 1.29 is 17.9 Å². The van der Waals surface area contributed by atoms with Gasteiger partial charge in [-0.3, -0.25) is 9.52 Å². The molecule has 9 heteroatoms. The molecule has 1 amide bonds. The molecule has 0 heterocycles. The molecule has 0 atom stereocenters. The summed E-state index contributed by atoms with van der Waals surface area (Å²) in [7, 11) is -3.74. The van der Waals surface area contributed by atoms with Gasteiger partial charge in [0.05, 0.1) is 9.37 Å². The average molecular weight is 568 g/mol. The van der Waals surface area contributed by atoms with E-state index in [9.17, 15) is 13.2 Å². The van der Waals surface area contributed by atoms with Gasteiger partial charge in [-0.15, -0.1) is 0 Å². The molecule has 0 saturated heterocycles. The van der Waals surface area contributed by atoms with Gasteiger partial charge in [-0.05, 0) is 95.5 Å². The third kappa shape index (κ3) is 6.56. The number of ether oxygens (including phenoxy) is 1. The highest BCUT2D eigenvalue weighted by Gasteiger charge is 2.15. The summed E-state index contributed by atoms with van der Waals surface area (Å²) in [6.45, 7) is 3.62. The molecule has 0 aliphatic heterocycles. The Hall–Kier alpha value is -2.36. The summed E-state index contributed by atoms with van der Waals surface area (Å²) < 4.78 is 35.0. The van der Waals surface area contributed by atoms with Crippen LogP contribution in [0.2, 0.25) is 0 Å². The van der Waals surface area contributed by atoms with Crippen LogP contribution in [-0.4, -0.2) is 20.9 Å². The minimum Gasteiger partial charge on any atom is -0.483 e. The van der Waals surface area contributed by atoms with E-state index in [1.807, 2.05) is 32.0 Å². The van der Waals surface area contributed by atoms with Crippen LogP contribution >= 0.6 is 31.9 Å². The fourth-order valence-electron chi connectivity index (χ4n) is 2.90. The normalized spacial score (nSPS) is 11.1. The van der Waals surface area contributed by atoms with Crippen LogP contribution in [0.25, 0.3) is 0 Å². The van der Waals surface area contributed by atoms with Crippen LogP contribution in [0.5, 0.6) is 5.75 Å². The molecule has 0 spiro atoms. The van der Waals surface area contributed by atoms with Crippen molar-refractivity contribution in [3.05, 3.63) is 80.7 Å². The van der Waals surface area contributed by atoms with Gasteiger partial charge in [-0.1, -0.05) is 22.0 Å². The van der Waals surface area contributed by atoms with Crippen molar-refractivity contribution in [1.82, 2.24) is 0 Å². The first-order chi connectivity index (χ1) is 14.6. The second-order valence-electron chi connectivity index (χ2n) is 6.92. The molecule has 0 fully saturated rings. The molecule has 0 aliphatic rings. The summed E-state index contributed by atoms with van der Waals surface area (Å²) in [6.07, 6.45) is 0. The molecular weight excluding hydrogens is 548 g/mol. The van der Waals surface area contributed by atoms with Crippen molar-refractivity contribution in [1.29, 1.82) is 0 Å². The second-order valence-corrected chi connectivity index (χ2v) is 10.4. The van der Waals surface area contributed by atoms with E-state index in [0.717, 1.165) is 20.1 Å². The lowest BCUT2D eigenvalue weighted by atomic mass is 10.1. The van der Waals surface area contributed by atoms with Crippen molar-refractivity contribution in [3.8, 4) is 5.75 Å². The van der Waals surface area contributed by atoms with Crippen LogP contribution in [0.4, 0.5) is 11.4 Å². The number of aryl methyl sites for hydroxylation is 2. The predicted octanol–water partition coefficient (Wildman–Crippen LogP) is 5.65. The van der Waals surface area contributed by atoms with Gasteiger partial charge in [0.2, 0.25) is 0 Å². The molecule has 0 saturated carbocycles. The molecule has 0 unspecified atom stereocenters. The smallest absolute Gasteiger partial charge is 0.262 e. The molecule has 2 N–H and O–H groups in total. The number of anilines is 2. The fraction of sp³-hybridized carbons (Fsp3) is 0.136. The molecule has 0 aliphatic carbocycles. The lowest BCUT2D eigenvalue weighted by Gasteiger charge is -2.11. The van der Waals surface area contributed by atoms with Crippen LogP contribution < -0.4 is 14.8 Å². The molecule has 3 aromatic rings. The first kappa shape index (κ1) is 23.3. The number of rotatable bonds is 7. The lowest BCUT2D eigenvalue weighted by Crippen LogP contribution is -2.20. The zero-order valence-corrected chi connectivity index (χ0v) is 20.8. The number of hydrogen-bond donors (Lipinski definition) is 2. The molecule has 0 aromatic heterocycles. The number of nitrogens with one attached hydrogen (secondary N) is 2. The summed E-state index contributed by atoms with van der Waals surface area (Å²) in [5, 5.41) is 2.68. The molecule has 0 bridgehead atoms. The molecule has 6 nitrogen and oxygen atoms in total. The Bertz CT molecular complexity index is 1190. The number of hydrogen-bond acceptors (Lipinski definition) is 4. The number of benzene rings is 3. The Morgan fingerprint density at radius 2 is 1.55 bits per heavy atom. The van der Waals surface area contributed by atoms with Crippen molar-refractivity contribution >= 4 is 59.2 Å². The van der Waals surface area contributed by atoms with Crippen LogP contribution in [0.3, 0.4) is 0 Å². The van der Waals surface area contributed by atoms with E-state index in [1.165, 1.54) is 24.3 Å². The summed E-state index contributed by atoms with van der Waals surface area (Å²) >= 11 is 6.73. The van der Waals surface area contributed by atoms with Gasteiger partial charge < -0.3 is 10.1 Å². The van der Waals surface area contributed by atoms with E-state index < -0.39 is 10.0 Å². The highest BCUT2D eigenvalue weighted by atomic mass is 79.9. The largest absolute Gasteiger partial charge is 0.483 e. The SMILES string of the molecule is Cc1cc(C)cc(NS(=O)(=O)c2ccc(NC(=O)COc3ccc(Br)cc3Br)cc2)c1. The first-order valence-corrected chi connectivity index (χ1v) is 12.3. The van der Waals surface area contributed by atoms with Gasteiger partial charge in [0.25, 0.3) is 15.9 Å². The van der Waals surface area contributed by atoms with E-state index in [4.69, 9.17) is 4.74 Å². The van der Waals surface area contributed by atoms with Crippen LogP contribution in [-0.2, 0) is 14.8 Å². The Morgan fingerprint density at radius 3 is 2.16 bits per heavy atom. The monoisotopic (exact) mass is 566 g/mol. The first-order valence-electron chi connectivity index (χ1n) is 9.21. The fourth-order valence-corrected chi connectivity index (χ4v) is 5.10. The van der Waals surface area contributed by atoms with Gasteiger partial charge >= 0.3 is 0 Å². The molecular formula is C22H20Br2N2O4S.